The van der Waals surface area contributed by atoms with Gasteiger partial charge in [0, 0.05) is 30.6 Å². The standard InChI is InChI=1S/C15H15N5O/c1-21-13-6-3-2-5-12(13)10-16-14-9-15(18-11-17-14)20-8-4-7-19-20/h2-9,11H,10H2,1H3,(H,16,17,18). The molecule has 3 rings (SSSR count). The number of nitrogens with one attached hydrogen (secondary N) is 1. The second kappa shape index (κ2) is 6.04. The van der Waals surface area contributed by atoms with Crippen LogP contribution in [0.5, 0.6) is 5.75 Å². The van der Waals surface area contributed by atoms with Crippen LogP contribution in [0.2, 0.25) is 0 Å². The quantitative estimate of drug-likeness (QED) is 0.777. The third-order valence-corrected chi connectivity index (χ3v) is 3.04. The highest BCUT2D eigenvalue weighted by Gasteiger charge is 2.04. The first-order chi connectivity index (χ1) is 10.4. The van der Waals surface area contributed by atoms with Crippen molar-refractivity contribution in [2.75, 3.05) is 12.4 Å². The number of benzene rings is 1. The average molecular weight is 281 g/mol. The van der Waals surface area contributed by atoms with Crippen molar-refractivity contribution in [2.45, 2.75) is 6.54 Å². The molecule has 0 spiro atoms. The van der Waals surface area contributed by atoms with E-state index in [0.29, 0.717) is 6.54 Å². The maximum atomic E-state index is 5.33. The lowest BCUT2D eigenvalue weighted by atomic mass is 10.2. The average Bonchev–Trinajstić information content (AvgIpc) is 3.08. The van der Waals surface area contributed by atoms with E-state index in [2.05, 4.69) is 20.4 Å². The molecule has 6 heteroatoms. The summed E-state index contributed by atoms with van der Waals surface area (Å²) in [5, 5.41) is 7.42. The van der Waals surface area contributed by atoms with Crippen molar-refractivity contribution < 1.29 is 4.74 Å². The summed E-state index contributed by atoms with van der Waals surface area (Å²) in [4.78, 5) is 8.41. The van der Waals surface area contributed by atoms with E-state index >= 15 is 0 Å². The Balaban J connectivity index is 1.75. The number of ether oxygens (including phenoxy) is 1. The number of methoxy groups -OCH3 is 1. The van der Waals surface area contributed by atoms with Crippen LogP contribution < -0.4 is 10.1 Å². The highest BCUT2D eigenvalue weighted by molar-refractivity contribution is 5.42. The predicted molar refractivity (Wildman–Crippen MR) is 79.5 cm³/mol. The molecule has 0 aliphatic carbocycles. The fraction of sp³-hybridized carbons (Fsp3) is 0.133. The highest BCUT2D eigenvalue weighted by atomic mass is 16.5. The minimum atomic E-state index is 0.625. The van der Waals surface area contributed by atoms with Crippen LogP contribution in [0, 0.1) is 0 Å². The number of anilines is 1. The highest BCUT2D eigenvalue weighted by Crippen LogP contribution is 2.18. The van der Waals surface area contributed by atoms with E-state index in [0.717, 1.165) is 22.9 Å². The van der Waals surface area contributed by atoms with E-state index in [1.54, 1.807) is 18.0 Å². The second-order valence-electron chi connectivity index (χ2n) is 4.38. The van der Waals surface area contributed by atoms with Crippen LogP contribution in [-0.2, 0) is 6.54 Å². The van der Waals surface area contributed by atoms with Gasteiger partial charge in [-0.25, -0.2) is 14.6 Å². The normalized spacial score (nSPS) is 10.3. The minimum Gasteiger partial charge on any atom is -0.496 e. The summed E-state index contributed by atoms with van der Waals surface area (Å²) < 4.78 is 7.02. The summed E-state index contributed by atoms with van der Waals surface area (Å²) in [7, 11) is 1.67. The summed E-state index contributed by atoms with van der Waals surface area (Å²) in [6.07, 6.45) is 5.07. The SMILES string of the molecule is COc1ccccc1CNc1cc(-n2cccn2)ncn1. The largest absolute Gasteiger partial charge is 0.496 e. The number of nitrogens with zero attached hydrogens (tertiary/aromatic N) is 4. The van der Waals surface area contributed by atoms with Gasteiger partial charge in [0.25, 0.3) is 0 Å². The first-order valence-corrected chi connectivity index (χ1v) is 6.54. The second-order valence-corrected chi connectivity index (χ2v) is 4.38. The third kappa shape index (κ3) is 3.00. The Kier molecular flexibility index (Phi) is 3.77. The summed E-state index contributed by atoms with van der Waals surface area (Å²) in [5.41, 5.74) is 1.07. The lowest BCUT2D eigenvalue weighted by Crippen LogP contribution is -2.05. The Morgan fingerprint density at radius 2 is 2.10 bits per heavy atom. The number of aromatic nitrogens is 4. The Morgan fingerprint density at radius 3 is 2.90 bits per heavy atom. The van der Waals surface area contributed by atoms with E-state index in [1.807, 2.05) is 42.6 Å². The Morgan fingerprint density at radius 1 is 1.19 bits per heavy atom. The van der Waals surface area contributed by atoms with E-state index < -0.39 is 0 Å². The Bertz CT molecular complexity index is 712. The maximum Gasteiger partial charge on any atom is 0.158 e. The van der Waals surface area contributed by atoms with E-state index in [9.17, 15) is 0 Å². The fourth-order valence-electron chi connectivity index (χ4n) is 2.01. The zero-order valence-electron chi connectivity index (χ0n) is 11.6. The molecule has 0 bridgehead atoms. The van der Waals surface area contributed by atoms with Gasteiger partial charge in [-0.1, -0.05) is 18.2 Å². The van der Waals surface area contributed by atoms with Gasteiger partial charge in [-0.05, 0) is 12.1 Å². The zero-order valence-corrected chi connectivity index (χ0v) is 11.6. The topological polar surface area (TPSA) is 64.9 Å². The molecule has 6 nitrogen and oxygen atoms in total. The van der Waals surface area contributed by atoms with Gasteiger partial charge in [0.1, 0.15) is 17.9 Å². The van der Waals surface area contributed by atoms with Gasteiger partial charge in [0.05, 0.1) is 7.11 Å². The Labute approximate surface area is 122 Å². The molecule has 0 radical (unpaired) electrons. The Hall–Kier alpha value is -2.89. The monoisotopic (exact) mass is 281 g/mol. The van der Waals surface area contributed by atoms with Crippen molar-refractivity contribution in [3.05, 3.63) is 60.7 Å². The molecular formula is C15H15N5O. The molecule has 0 aliphatic heterocycles. The number of rotatable bonds is 5. The molecule has 0 atom stereocenters. The van der Waals surface area contributed by atoms with Gasteiger partial charge < -0.3 is 10.1 Å². The molecule has 0 aliphatic rings. The first-order valence-electron chi connectivity index (χ1n) is 6.54. The fourth-order valence-corrected chi connectivity index (χ4v) is 2.01. The van der Waals surface area contributed by atoms with Crippen molar-refractivity contribution in [1.82, 2.24) is 19.7 Å². The first kappa shape index (κ1) is 13.1. The molecule has 3 aromatic rings. The van der Waals surface area contributed by atoms with Crippen molar-refractivity contribution in [3.8, 4) is 11.6 Å². The van der Waals surface area contributed by atoms with Crippen LogP contribution in [0.1, 0.15) is 5.56 Å². The molecule has 21 heavy (non-hydrogen) atoms. The molecule has 2 heterocycles. The number of para-hydroxylation sites is 1. The van der Waals surface area contributed by atoms with E-state index in [4.69, 9.17) is 4.74 Å². The van der Waals surface area contributed by atoms with Gasteiger partial charge in [-0.2, -0.15) is 5.10 Å². The van der Waals surface area contributed by atoms with Crippen LogP contribution in [0.15, 0.2) is 55.1 Å². The zero-order chi connectivity index (χ0) is 14.5. The van der Waals surface area contributed by atoms with Crippen LogP contribution in [-0.4, -0.2) is 26.9 Å². The summed E-state index contributed by atoms with van der Waals surface area (Å²) >= 11 is 0. The molecule has 0 amide bonds. The lowest BCUT2D eigenvalue weighted by molar-refractivity contribution is 0.410. The number of hydrogen-bond acceptors (Lipinski definition) is 5. The van der Waals surface area contributed by atoms with Crippen molar-refractivity contribution in [3.63, 3.8) is 0 Å². The van der Waals surface area contributed by atoms with Crippen LogP contribution in [0.3, 0.4) is 0 Å². The van der Waals surface area contributed by atoms with E-state index in [1.165, 1.54) is 6.33 Å². The summed E-state index contributed by atoms with van der Waals surface area (Å²) in [6, 6.07) is 11.6. The molecular weight excluding hydrogens is 266 g/mol. The molecule has 0 saturated carbocycles. The minimum absolute atomic E-state index is 0.625. The van der Waals surface area contributed by atoms with Crippen molar-refractivity contribution in [2.24, 2.45) is 0 Å². The van der Waals surface area contributed by atoms with Gasteiger partial charge in [0.2, 0.25) is 0 Å². The van der Waals surface area contributed by atoms with Gasteiger partial charge in [0.15, 0.2) is 5.82 Å². The third-order valence-electron chi connectivity index (χ3n) is 3.04. The van der Waals surface area contributed by atoms with Crippen LogP contribution >= 0.6 is 0 Å². The number of hydrogen-bond donors (Lipinski definition) is 1. The molecule has 1 N–H and O–H groups in total. The molecule has 0 fully saturated rings. The van der Waals surface area contributed by atoms with Crippen molar-refractivity contribution >= 4 is 5.82 Å². The molecule has 0 unspecified atom stereocenters. The van der Waals surface area contributed by atoms with Crippen LogP contribution in [0.25, 0.3) is 5.82 Å². The predicted octanol–water partition coefficient (Wildman–Crippen LogP) is 2.28. The van der Waals surface area contributed by atoms with Gasteiger partial charge >= 0.3 is 0 Å². The van der Waals surface area contributed by atoms with E-state index in [-0.39, 0.29) is 0 Å². The summed E-state index contributed by atoms with van der Waals surface area (Å²) in [5.74, 6) is 2.31. The smallest absolute Gasteiger partial charge is 0.158 e. The molecule has 2 aromatic heterocycles. The molecule has 106 valence electrons. The van der Waals surface area contributed by atoms with Gasteiger partial charge in [-0.3, -0.25) is 0 Å². The summed E-state index contributed by atoms with van der Waals surface area (Å²) in [6.45, 7) is 0.625. The van der Waals surface area contributed by atoms with Crippen LogP contribution in [0.4, 0.5) is 5.82 Å². The van der Waals surface area contributed by atoms with Gasteiger partial charge in [-0.15, -0.1) is 0 Å². The molecule has 1 aromatic carbocycles. The maximum absolute atomic E-state index is 5.33. The molecule has 0 saturated heterocycles. The van der Waals surface area contributed by atoms with Crippen molar-refractivity contribution in [1.29, 1.82) is 0 Å². The lowest BCUT2D eigenvalue weighted by Gasteiger charge is -2.10.